The van der Waals surface area contributed by atoms with Gasteiger partial charge in [0, 0.05) is 44.9 Å². The van der Waals surface area contributed by atoms with Crippen LogP contribution in [0.1, 0.15) is 34.3 Å². The third kappa shape index (κ3) is 4.46. The second-order valence-electron chi connectivity index (χ2n) is 8.39. The number of hydrogen-bond donors (Lipinski definition) is 1. The first-order chi connectivity index (χ1) is 14.4. The minimum absolute atomic E-state index is 0.00737. The molecule has 1 spiro atoms. The zero-order valence-electron chi connectivity index (χ0n) is 17.6. The minimum atomic E-state index is -0.466. The van der Waals surface area contributed by atoms with Gasteiger partial charge in [-0.05, 0) is 37.7 Å². The Labute approximate surface area is 177 Å². The number of nitrogens with zero attached hydrogens (tertiary/aromatic N) is 3. The lowest BCUT2D eigenvalue weighted by Crippen LogP contribution is -2.54. The second-order valence-corrected chi connectivity index (χ2v) is 8.39. The molecule has 1 aromatic carbocycles. The Kier molecular flexibility index (Phi) is 5.72. The van der Waals surface area contributed by atoms with E-state index in [1.807, 2.05) is 37.3 Å². The SMILES string of the molecule is Cc1ccc2c(c1)C(=O)N(CC(=O)NCc1cccnc1)CC1(CCN(C)CC1)O2. The standard InChI is InChI=1S/C23H28N4O3/c1-17-5-6-20-19(12-17)22(29)27(16-23(30-20)7-10-26(2)11-8-23)15-21(28)25-14-18-4-3-9-24-13-18/h3-6,9,12-13H,7-8,10-11,14-16H2,1-2H3,(H,25,28). The van der Waals surface area contributed by atoms with Gasteiger partial charge in [0.25, 0.3) is 5.91 Å². The summed E-state index contributed by atoms with van der Waals surface area (Å²) in [4.78, 5) is 34.0. The quantitative estimate of drug-likeness (QED) is 0.838. The number of benzene rings is 1. The summed E-state index contributed by atoms with van der Waals surface area (Å²) in [5.74, 6) is 0.279. The lowest BCUT2D eigenvalue weighted by Gasteiger charge is -2.41. The van der Waals surface area contributed by atoms with Crippen LogP contribution in [0.2, 0.25) is 0 Å². The van der Waals surface area contributed by atoms with Crippen molar-refractivity contribution in [3.63, 3.8) is 0 Å². The molecular weight excluding hydrogens is 380 g/mol. The third-order valence-corrected chi connectivity index (χ3v) is 5.90. The smallest absolute Gasteiger partial charge is 0.258 e. The first-order valence-electron chi connectivity index (χ1n) is 10.4. The number of pyridine rings is 1. The summed E-state index contributed by atoms with van der Waals surface area (Å²) in [6, 6.07) is 9.44. The number of ether oxygens (including phenoxy) is 1. The highest BCUT2D eigenvalue weighted by Crippen LogP contribution is 2.35. The maximum absolute atomic E-state index is 13.3. The topological polar surface area (TPSA) is 74.8 Å². The van der Waals surface area contributed by atoms with E-state index >= 15 is 0 Å². The second kappa shape index (κ2) is 8.44. The molecule has 2 aliphatic heterocycles. The third-order valence-electron chi connectivity index (χ3n) is 5.90. The zero-order valence-corrected chi connectivity index (χ0v) is 17.6. The van der Waals surface area contributed by atoms with Gasteiger partial charge in [-0.3, -0.25) is 14.6 Å². The number of likely N-dealkylation sites (tertiary alicyclic amines) is 1. The predicted octanol–water partition coefficient (Wildman–Crippen LogP) is 2.01. The van der Waals surface area contributed by atoms with Crippen LogP contribution in [0.25, 0.3) is 0 Å². The summed E-state index contributed by atoms with van der Waals surface area (Å²) in [6.45, 7) is 4.56. The fourth-order valence-corrected chi connectivity index (χ4v) is 4.10. The lowest BCUT2D eigenvalue weighted by atomic mass is 9.90. The molecule has 7 heteroatoms. The van der Waals surface area contributed by atoms with Crippen molar-refractivity contribution in [2.45, 2.75) is 31.9 Å². The largest absolute Gasteiger partial charge is 0.484 e. The average Bonchev–Trinajstić information content (AvgIpc) is 2.85. The maximum Gasteiger partial charge on any atom is 0.258 e. The number of carbonyl (C=O) groups excluding carboxylic acids is 2. The van der Waals surface area contributed by atoms with Gasteiger partial charge in [0.1, 0.15) is 17.9 Å². The van der Waals surface area contributed by atoms with Gasteiger partial charge in [0.05, 0.1) is 12.1 Å². The molecule has 2 aliphatic rings. The average molecular weight is 409 g/mol. The summed E-state index contributed by atoms with van der Waals surface area (Å²) >= 11 is 0. The molecule has 0 saturated carbocycles. The van der Waals surface area contributed by atoms with Crippen LogP contribution in [-0.4, -0.2) is 65.4 Å². The van der Waals surface area contributed by atoms with E-state index in [0.717, 1.165) is 37.1 Å². The van der Waals surface area contributed by atoms with Gasteiger partial charge in [0.15, 0.2) is 0 Å². The Morgan fingerprint density at radius 2 is 2.07 bits per heavy atom. The number of aromatic nitrogens is 1. The van der Waals surface area contributed by atoms with E-state index in [9.17, 15) is 9.59 Å². The summed E-state index contributed by atoms with van der Waals surface area (Å²) in [6.07, 6.45) is 5.05. The van der Waals surface area contributed by atoms with Crippen molar-refractivity contribution < 1.29 is 14.3 Å². The van der Waals surface area contributed by atoms with Crippen molar-refractivity contribution >= 4 is 11.8 Å². The molecule has 4 rings (SSSR count). The molecule has 0 radical (unpaired) electrons. The Balaban J connectivity index is 1.54. The molecule has 1 aromatic heterocycles. The highest BCUT2D eigenvalue weighted by molar-refractivity contribution is 5.99. The summed E-state index contributed by atoms with van der Waals surface area (Å²) in [7, 11) is 2.09. The number of rotatable bonds is 4. The fraction of sp³-hybridized carbons (Fsp3) is 0.435. The van der Waals surface area contributed by atoms with Crippen molar-refractivity contribution in [3.05, 3.63) is 59.4 Å². The lowest BCUT2D eigenvalue weighted by molar-refractivity contribution is -0.122. The molecule has 0 bridgehead atoms. The van der Waals surface area contributed by atoms with Crippen LogP contribution < -0.4 is 10.1 Å². The minimum Gasteiger partial charge on any atom is -0.484 e. The summed E-state index contributed by atoms with van der Waals surface area (Å²) in [5.41, 5.74) is 1.98. The highest BCUT2D eigenvalue weighted by atomic mass is 16.5. The monoisotopic (exact) mass is 408 g/mol. The molecule has 158 valence electrons. The van der Waals surface area contributed by atoms with Crippen molar-refractivity contribution in [1.82, 2.24) is 20.1 Å². The van der Waals surface area contributed by atoms with Gasteiger partial charge in [-0.15, -0.1) is 0 Å². The molecule has 7 nitrogen and oxygen atoms in total. The predicted molar refractivity (Wildman–Crippen MR) is 113 cm³/mol. The van der Waals surface area contributed by atoms with Gasteiger partial charge in [0.2, 0.25) is 5.91 Å². The van der Waals surface area contributed by atoms with E-state index in [2.05, 4.69) is 22.2 Å². The van der Waals surface area contributed by atoms with Crippen molar-refractivity contribution in [2.24, 2.45) is 0 Å². The Morgan fingerprint density at radius 1 is 1.27 bits per heavy atom. The number of aryl methyl sites for hydroxylation is 1. The van der Waals surface area contributed by atoms with Crippen molar-refractivity contribution in [2.75, 3.05) is 33.2 Å². The van der Waals surface area contributed by atoms with Gasteiger partial charge >= 0.3 is 0 Å². The number of piperidine rings is 1. The Morgan fingerprint density at radius 3 is 2.80 bits per heavy atom. The van der Waals surface area contributed by atoms with Crippen LogP contribution in [0.15, 0.2) is 42.7 Å². The summed E-state index contributed by atoms with van der Waals surface area (Å²) < 4.78 is 6.47. The van der Waals surface area contributed by atoms with Crippen LogP contribution in [0.4, 0.5) is 0 Å². The molecule has 0 unspecified atom stereocenters. The maximum atomic E-state index is 13.3. The summed E-state index contributed by atoms with van der Waals surface area (Å²) in [5, 5.41) is 2.90. The number of fused-ring (bicyclic) bond motifs is 1. The van der Waals surface area contributed by atoms with E-state index < -0.39 is 5.60 Å². The normalized spacial score (nSPS) is 18.5. The number of hydrogen-bond acceptors (Lipinski definition) is 5. The fourth-order valence-electron chi connectivity index (χ4n) is 4.10. The molecule has 3 heterocycles. The number of amides is 2. The van der Waals surface area contributed by atoms with E-state index in [1.165, 1.54) is 0 Å². The van der Waals surface area contributed by atoms with E-state index in [1.54, 1.807) is 17.3 Å². The molecular formula is C23H28N4O3. The van der Waals surface area contributed by atoms with Gasteiger partial charge in [-0.2, -0.15) is 0 Å². The molecule has 0 atom stereocenters. The molecule has 1 saturated heterocycles. The van der Waals surface area contributed by atoms with E-state index in [0.29, 0.717) is 24.4 Å². The van der Waals surface area contributed by atoms with Gasteiger partial charge in [-0.1, -0.05) is 17.7 Å². The molecule has 2 amide bonds. The molecule has 0 aliphatic carbocycles. The van der Waals surface area contributed by atoms with Crippen molar-refractivity contribution in [1.29, 1.82) is 0 Å². The Bertz CT molecular complexity index is 923. The van der Waals surface area contributed by atoms with Gasteiger partial charge in [-0.25, -0.2) is 0 Å². The zero-order chi connectivity index (χ0) is 21.1. The van der Waals surface area contributed by atoms with E-state index in [4.69, 9.17) is 4.74 Å². The number of carbonyl (C=O) groups is 2. The molecule has 2 aromatic rings. The molecule has 1 N–H and O–H groups in total. The van der Waals surface area contributed by atoms with Crippen LogP contribution in [-0.2, 0) is 11.3 Å². The first kappa shape index (κ1) is 20.3. The molecule has 1 fully saturated rings. The van der Waals surface area contributed by atoms with Crippen LogP contribution >= 0.6 is 0 Å². The van der Waals surface area contributed by atoms with Gasteiger partial charge < -0.3 is 19.9 Å². The Hall–Kier alpha value is -2.93. The highest BCUT2D eigenvalue weighted by Gasteiger charge is 2.42. The van der Waals surface area contributed by atoms with Crippen molar-refractivity contribution in [3.8, 4) is 5.75 Å². The molecule has 30 heavy (non-hydrogen) atoms. The number of nitrogens with one attached hydrogen (secondary N) is 1. The van der Waals surface area contributed by atoms with Crippen LogP contribution in [0.5, 0.6) is 5.75 Å². The van der Waals surface area contributed by atoms with Crippen LogP contribution in [0, 0.1) is 6.92 Å². The first-order valence-corrected chi connectivity index (χ1v) is 10.4. The van der Waals surface area contributed by atoms with Crippen LogP contribution in [0.3, 0.4) is 0 Å². The van der Waals surface area contributed by atoms with E-state index in [-0.39, 0.29) is 18.4 Å².